The fourth-order valence-electron chi connectivity index (χ4n) is 2.62. The molecule has 6 nitrogen and oxygen atoms in total. The predicted molar refractivity (Wildman–Crippen MR) is 94.6 cm³/mol. The fraction of sp³-hybridized carbons (Fsp3) is 0.222. The molecule has 0 spiro atoms. The molecule has 24 heavy (non-hydrogen) atoms. The topological polar surface area (TPSA) is 55.1 Å². The number of carbonyl (C=O) groups is 1. The molecule has 6 heteroatoms. The van der Waals surface area contributed by atoms with E-state index < -0.39 is 0 Å². The number of amides is 1. The van der Waals surface area contributed by atoms with E-state index in [4.69, 9.17) is 0 Å². The first-order valence-electron chi connectivity index (χ1n) is 7.86. The lowest BCUT2D eigenvalue weighted by atomic mass is 10.3. The maximum Gasteiger partial charge on any atom is 0.256 e. The maximum absolute atomic E-state index is 12.5. The second kappa shape index (κ2) is 7.04. The molecular formula is C18H21N5O. The van der Waals surface area contributed by atoms with Gasteiger partial charge in [0.25, 0.3) is 5.91 Å². The van der Waals surface area contributed by atoms with Crippen LogP contribution in [0.15, 0.2) is 61.1 Å². The molecule has 3 aromatic rings. The first-order chi connectivity index (χ1) is 11.7. The minimum atomic E-state index is -0.117. The number of hydrogen-bond acceptors (Lipinski definition) is 3. The molecule has 1 aromatic carbocycles. The lowest BCUT2D eigenvalue weighted by molar-refractivity contribution is 0.0954. The first-order valence-corrected chi connectivity index (χ1v) is 7.86. The van der Waals surface area contributed by atoms with Crippen molar-refractivity contribution >= 4 is 11.6 Å². The molecule has 2 aromatic heterocycles. The van der Waals surface area contributed by atoms with E-state index in [1.807, 2.05) is 73.5 Å². The van der Waals surface area contributed by atoms with Crippen LogP contribution in [0, 0.1) is 0 Å². The molecule has 0 atom stereocenters. The van der Waals surface area contributed by atoms with Gasteiger partial charge in [0.2, 0.25) is 0 Å². The number of nitrogens with one attached hydrogen (secondary N) is 1. The van der Waals surface area contributed by atoms with Gasteiger partial charge in [-0.1, -0.05) is 18.2 Å². The van der Waals surface area contributed by atoms with Crippen LogP contribution in [-0.2, 0) is 7.05 Å². The van der Waals surface area contributed by atoms with Crippen LogP contribution in [0.4, 0.5) is 5.69 Å². The van der Waals surface area contributed by atoms with E-state index in [1.54, 1.807) is 10.9 Å². The highest BCUT2D eigenvalue weighted by molar-refractivity contribution is 5.97. The Morgan fingerprint density at radius 3 is 2.58 bits per heavy atom. The second-order valence-corrected chi connectivity index (χ2v) is 5.61. The summed E-state index contributed by atoms with van der Waals surface area (Å²) in [4.78, 5) is 14.6. The van der Waals surface area contributed by atoms with Gasteiger partial charge < -0.3 is 14.8 Å². The van der Waals surface area contributed by atoms with Crippen molar-refractivity contribution in [2.24, 2.45) is 7.05 Å². The molecule has 1 N–H and O–H groups in total. The van der Waals surface area contributed by atoms with Gasteiger partial charge in [-0.2, -0.15) is 5.10 Å². The summed E-state index contributed by atoms with van der Waals surface area (Å²) in [5.41, 5.74) is 1.69. The van der Waals surface area contributed by atoms with Crippen LogP contribution in [0.1, 0.15) is 10.4 Å². The van der Waals surface area contributed by atoms with E-state index in [2.05, 4.69) is 15.3 Å². The molecule has 0 saturated carbocycles. The maximum atomic E-state index is 12.5. The standard InChI is InChI=1S/C18H21N5O/c1-21(15-8-4-3-5-9-15)13-10-19-17(24)16-14-20-22(2)18(16)23-11-6-7-12-23/h3-9,11-12,14H,10,13H2,1-2H3,(H,19,24). The van der Waals surface area contributed by atoms with Gasteiger partial charge in [0.15, 0.2) is 0 Å². The van der Waals surface area contributed by atoms with Crippen LogP contribution < -0.4 is 10.2 Å². The normalized spacial score (nSPS) is 10.6. The zero-order valence-corrected chi connectivity index (χ0v) is 13.9. The Morgan fingerprint density at radius 2 is 1.88 bits per heavy atom. The highest BCUT2D eigenvalue weighted by Gasteiger charge is 2.17. The number of rotatable bonds is 6. The Bertz CT molecular complexity index is 792. The molecule has 0 radical (unpaired) electrons. The first kappa shape index (κ1) is 15.9. The van der Waals surface area contributed by atoms with E-state index >= 15 is 0 Å². The van der Waals surface area contributed by atoms with E-state index in [9.17, 15) is 4.79 Å². The van der Waals surface area contributed by atoms with Crippen LogP contribution >= 0.6 is 0 Å². The quantitative estimate of drug-likeness (QED) is 0.755. The number of aryl methyl sites for hydroxylation is 1. The van der Waals surface area contributed by atoms with Gasteiger partial charge in [0.05, 0.1) is 6.20 Å². The van der Waals surface area contributed by atoms with Crippen LogP contribution in [0.2, 0.25) is 0 Å². The Morgan fingerprint density at radius 1 is 1.17 bits per heavy atom. The molecule has 1 amide bonds. The van der Waals surface area contributed by atoms with Gasteiger partial charge >= 0.3 is 0 Å². The summed E-state index contributed by atoms with van der Waals surface area (Å²) in [7, 11) is 3.84. The molecule has 124 valence electrons. The van der Waals surface area contributed by atoms with Crippen molar-refractivity contribution in [2.45, 2.75) is 0 Å². The van der Waals surface area contributed by atoms with Crippen molar-refractivity contribution < 1.29 is 4.79 Å². The van der Waals surface area contributed by atoms with E-state index in [0.717, 1.165) is 18.1 Å². The summed E-state index contributed by atoms with van der Waals surface area (Å²) in [6.45, 7) is 1.29. The van der Waals surface area contributed by atoms with Gasteiger partial charge in [-0.3, -0.25) is 9.48 Å². The summed E-state index contributed by atoms with van der Waals surface area (Å²) in [5, 5.41) is 7.18. The van der Waals surface area contributed by atoms with E-state index in [1.165, 1.54) is 0 Å². The lowest BCUT2D eigenvalue weighted by Crippen LogP contribution is -2.33. The number of anilines is 1. The smallest absolute Gasteiger partial charge is 0.256 e. The van der Waals surface area contributed by atoms with Gasteiger partial charge in [0, 0.05) is 45.3 Å². The molecule has 0 bridgehead atoms. The number of para-hydroxylation sites is 1. The highest BCUT2D eigenvalue weighted by atomic mass is 16.1. The number of carbonyl (C=O) groups excluding carboxylic acids is 1. The molecule has 0 aliphatic heterocycles. The van der Waals surface area contributed by atoms with Gasteiger partial charge in [-0.05, 0) is 24.3 Å². The molecule has 0 aliphatic carbocycles. The lowest BCUT2D eigenvalue weighted by Gasteiger charge is -2.19. The number of likely N-dealkylation sites (N-methyl/N-ethyl adjacent to an activating group) is 1. The zero-order chi connectivity index (χ0) is 16.9. The Hall–Kier alpha value is -3.02. The Balaban J connectivity index is 1.62. The third kappa shape index (κ3) is 3.32. The summed E-state index contributed by atoms with van der Waals surface area (Å²) in [6, 6.07) is 13.9. The number of benzene rings is 1. The molecule has 0 saturated heterocycles. The number of aromatic nitrogens is 3. The largest absolute Gasteiger partial charge is 0.373 e. The SMILES string of the molecule is CN(CCNC(=O)c1cnn(C)c1-n1cccc1)c1ccccc1. The summed E-state index contributed by atoms with van der Waals surface area (Å²) >= 11 is 0. The third-order valence-corrected chi connectivity index (χ3v) is 3.93. The highest BCUT2D eigenvalue weighted by Crippen LogP contribution is 2.14. The van der Waals surface area contributed by atoms with Crippen LogP contribution in [-0.4, -0.2) is 40.4 Å². The van der Waals surface area contributed by atoms with Gasteiger partial charge in [-0.25, -0.2) is 0 Å². The van der Waals surface area contributed by atoms with Crippen molar-refractivity contribution in [3.63, 3.8) is 0 Å². The summed E-state index contributed by atoms with van der Waals surface area (Å²) in [6.07, 6.45) is 5.40. The number of nitrogens with zero attached hydrogens (tertiary/aromatic N) is 4. The average molecular weight is 323 g/mol. The van der Waals surface area contributed by atoms with E-state index in [-0.39, 0.29) is 5.91 Å². The van der Waals surface area contributed by atoms with Crippen LogP contribution in [0.25, 0.3) is 5.82 Å². The van der Waals surface area contributed by atoms with Crippen molar-refractivity contribution in [1.29, 1.82) is 0 Å². The molecule has 0 fully saturated rings. The van der Waals surface area contributed by atoms with Crippen LogP contribution in [0.3, 0.4) is 0 Å². The van der Waals surface area contributed by atoms with Crippen molar-refractivity contribution in [2.75, 3.05) is 25.0 Å². The van der Waals surface area contributed by atoms with Crippen molar-refractivity contribution in [1.82, 2.24) is 19.7 Å². The summed E-state index contributed by atoms with van der Waals surface area (Å²) in [5.74, 6) is 0.641. The average Bonchev–Trinajstić information content (AvgIpc) is 3.24. The molecular weight excluding hydrogens is 302 g/mol. The van der Waals surface area contributed by atoms with Gasteiger partial charge in [-0.15, -0.1) is 0 Å². The van der Waals surface area contributed by atoms with E-state index in [0.29, 0.717) is 12.1 Å². The monoisotopic (exact) mass is 323 g/mol. The molecule has 0 aliphatic rings. The Kier molecular flexibility index (Phi) is 4.65. The molecule has 3 rings (SSSR count). The second-order valence-electron chi connectivity index (χ2n) is 5.61. The zero-order valence-electron chi connectivity index (χ0n) is 13.9. The minimum absolute atomic E-state index is 0.117. The fourth-order valence-corrected chi connectivity index (χ4v) is 2.62. The minimum Gasteiger partial charge on any atom is -0.373 e. The summed E-state index contributed by atoms with van der Waals surface area (Å²) < 4.78 is 3.59. The van der Waals surface area contributed by atoms with Crippen molar-refractivity contribution in [3.8, 4) is 5.82 Å². The molecule has 2 heterocycles. The van der Waals surface area contributed by atoms with Crippen LogP contribution in [0.5, 0.6) is 0 Å². The van der Waals surface area contributed by atoms with Crippen molar-refractivity contribution in [3.05, 3.63) is 66.6 Å². The molecule has 0 unspecified atom stereocenters. The third-order valence-electron chi connectivity index (χ3n) is 3.93. The van der Waals surface area contributed by atoms with Gasteiger partial charge in [0.1, 0.15) is 11.4 Å². The number of hydrogen-bond donors (Lipinski definition) is 1. The predicted octanol–water partition coefficient (Wildman–Crippen LogP) is 2.08. The Labute approximate surface area is 141 Å².